The van der Waals surface area contributed by atoms with Crippen LogP contribution in [0.25, 0.3) is 0 Å². The van der Waals surface area contributed by atoms with Gasteiger partial charge in [0.2, 0.25) is 0 Å². The third-order valence-electron chi connectivity index (χ3n) is 4.18. The maximum atomic E-state index is 3.75. The Morgan fingerprint density at radius 2 is 2.29 bits per heavy atom. The van der Waals surface area contributed by atoms with Gasteiger partial charge in [-0.2, -0.15) is 11.8 Å². The van der Waals surface area contributed by atoms with Crippen LogP contribution >= 0.6 is 11.8 Å². The summed E-state index contributed by atoms with van der Waals surface area (Å²) in [7, 11) is 0. The molecule has 0 saturated carbocycles. The van der Waals surface area contributed by atoms with Crippen molar-refractivity contribution in [3.05, 3.63) is 0 Å². The predicted molar refractivity (Wildman–Crippen MR) is 77.8 cm³/mol. The molecule has 0 amide bonds. The van der Waals surface area contributed by atoms with Gasteiger partial charge in [0.15, 0.2) is 0 Å². The van der Waals surface area contributed by atoms with Gasteiger partial charge in [-0.05, 0) is 58.2 Å². The third-order valence-corrected chi connectivity index (χ3v) is 5.71. The molecule has 0 aromatic rings. The Balaban J connectivity index is 1.64. The van der Waals surface area contributed by atoms with Crippen molar-refractivity contribution in [3.63, 3.8) is 0 Å². The molecule has 0 aromatic carbocycles. The number of piperidine rings is 1. The zero-order valence-corrected chi connectivity index (χ0v) is 12.2. The van der Waals surface area contributed by atoms with Crippen LogP contribution in [0.4, 0.5) is 0 Å². The van der Waals surface area contributed by atoms with E-state index in [1.54, 1.807) is 0 Å². The van der Waals surface area contributed by atoms with Gasteiger partial charge in [-0.3, -0.25) is 0 Å². The van der Waals surface area contributed by atoms with Gasteiger partial charge < -0.3 is 10.6 Å². The Morgan fingerprint density at radius 1 is 1.41 bits per heavy atom. The molecule has 3 unspecified atom stereocenters. The average molecular weight is 256 g/mol. The number of hydrogen-bond donors (Lipinski definition) is 2. The number of hydrogen-bond acceptors (Lipinski definition) is 3. The van der Waals surface area contributed by atoms with Crippen LogP contribution in [-0.4, -0.2) is 35.7 Å². The van der Waals surface area contributed by atoms with E-state index in [2.05, 4.69) is 36.2 Å². The predicted octanol–water partition coefficient (Wildman–Crippen LogP) is 2.78. The molecule has 0 aromatic heterocycles. The SMILES string of the molecule is CC(CC1CCCCN1)NCC1(C)CCCS1. The molecule has 0 bridgehead atoms. The quantitative estimate of drug-likeness (QED) is 0.791. The van der Waals surface area contributed by atoms with E-state index in [9.17, 15) is 0 Å². The van der Waals surface area contributed by atoms with Gasteiger partial charge in [-0.1, -0.05) is 6.42 Å². The smallest absolute Gasteiger partial charge is 0.0256 e. The molecule has 2 fully saturated rings. The monoisotopic (exact) mass is 256 g/mol. The average Bonchev–Trinajstić information content (AvgIpc) is 2.76. The van der Waals surface area contributed by atoms with Crippen molar-refractivity contribution < 1.29 is 0 Å². The first-order valence-corrected chi connectivity index (χ1v) is 8.27. The molecule has 0 radical (unpaired) electrons. The fraction of sp³-hybridized carbons (Fsp3) is 1.00. The molecule has 2 saturated heterocycles. The molecule has 3 atom stereocenters. The van der Waals surface area contributed by atoms with Crippen LogP contribution in [0.5, 0.6) is 0 Å². The van der Waals surface area contributed by atoms with Gasteiger partial charge in [-0.25, -0.2) is 0 Å². The van der Waals surface area contributed by atoms with Gasteiger partial charge in [0.25, 0.3) is 0 Å². The lowest BCUT2D eigenvalue weighted by molar-refractivity contribution is 0.340. The Labute approximate surface area is 111 Å². The van der Waals surface area contributed by atoms with Crippen molar-refractivity contribution in [2.45, 2.75) is 69.2 Å². The Bertz CT molecular complexity index is 220. The Kier molecular flexibility index (Phi) is 5.19. The first kappa shape index (κ1) is 13.7. The second kappa shape index (κ2) is 6.44. The summed E-state index contributed by atoms with van der Waals surface area (Å²) >= 11 is 2.15. The zero-order valence-electron chi connectivity index (χ0n) is 11.4. The maximum absolute atomic E-state index is 3.75. The molecule has 17 heavy (non-hydrogen) atoms. The molecule has 0 aliphatic carbocycles. The summed E-state index contributed by atoms with van der Waals surface area (Å²) in [6.07, 6.45) is 8.24. The molecule has 100 valence electrons. The minimum absolute atomic E-state index is 0.508. The second-order valence-corrected chi connectivity index (χ2v) is 7.75. The summed E-state index contributed by atoms with van der Waals surface area (Å²) in [5, 5.41) is 7.39. The van der Waals surface area contributed by atoms with E-state index < -0.39 is 0 Å². The van der Waals surface area contributed by atoms with E-state index >= 15 is 0 Å². The molecule has 2 rings (SSSR count). The van der Waals surface area contributed by atoms with E-state index in [-0.39, 0.29) is 0 Å². The number of rotatable bonds is 5. The lowest BCUT2D eigenvalue weighted by atomic mass is 9.98. The minimum atomic E-state index is 0.508. The third kappa shape index (κ3) is 4.46. The molecular weight excluding hydrogens is 228 g/mol. The van der Waals surface area contributed by atoms with Crippen molar-refractivity contribution >= 4 is 11.8 Å². The van der Waals surface area contributed by atoms with E-state index in [0.717, 1.165) is 6.04 Å². The highest BCUT2D eigenvalue weighted by atomic mass is 32.2. The summed E-state index contributed by atoms with van der Waals surface area (Å²) in [4.78, 5) is 0. The molecule has 2 N–H and O–H groups in total. The zero-order chi connectivity index (χ0) is 12.1. The molecular formula is C14H28N2S. The normalized spacial score (nSPS) is 36.0. The lowest BCUT2D eigenvalue weighted by Gasteiger charge is -2.29. The fourth-order valence-corrected chi connectivity index (χ4v) is 4.26. The topological polar surface area (TPSA) is 24.1 Å². The Hall–Kier alpha value is 0.270. The Morgan fingerprint density at radius 3 is 2.94 bits per heavy atom. The minimum Gasteiger partial charge on any atom is -0.314 e. The van der Waals surface area contributed by atoms with Crippen molar-refractivity contribution in [2.24, 2.45) is 0 Å². The standard InChI is InChI=1S/C14H28N2S/c1-12(10-13-6-3-4-8-15-13)16-11-14(2)7-5-9-17-14/h12-13,15-16H,3-11H2,1-2H3. The number of thioether (sulfide) groups is 1. The van der Waals surface area contributed by atoms with Gasteiger partial charge in [0.1, 0.15) is 0 Å². The summed E-state index contributed by atoms with van der Waals surface area (Å²) in [5.74, 6) is 1.36. The van der Waals surface area contributed by atoms with Gasteiger partial charge >= 0.3 is 0 Å². The summed E-state index contributed by atoms with van der Waals surface area (Å²) in [6, 6.07) is 1.42. The van der Waals surface area contributed by atoms with E-state index in [0.29, 0.717) is 10.8 Å². The molecule has 0 spiro atoms. The molecule has 2 nitrogen and oxygen atoms in total. The summed E-state index contributed by atoms with van der Waals surface area (Å²) in [6.45, 7) is 7.18. The van der Waals surface area contributed by atoms with Crippen molar-refractivity contribution in [1.29, 1.82) is 0 Å². The van der Waals surface area contributed by atoms with E-state index in [4.69, 9.17) is 0 Å². The van der Waals surface area contributed by atoms with Crippen LogP contribution in [0.1, 0.15) is 52.4 Å². The first-order chi connectivity index (χ1) is 8.18. The van der Waals surface area contributed by atoms with Crippen molar-refractivity contribution in [3.8, 4) is 0 Å². The highest BCUT2D eigenvalue weighted by Crippen LogP contribution is 2.37. The first-order valence-electron chi connectivity index (χ1n) is 7.29. The summed E-state index contributed by atoms with van der Waals surface area (Å²) in [5.41, 5.74) is 0. The second-order valence-electron chi connectivity index (χ2n) is 6.07. The maximum Gasteiger partial charge on any atom is 0.0256 e. The molecule has 2 aliphatic rings. The van der Waals surface area contributed by atoms with Crippen LogP contribution < -0.4 is 10.6 Å². The van der Waals surface area contributed by atoms with Gasteiger partial charge in [0, 0.05) is 23.4 Å². The molecule has 2 aliphatic heterocycles. The van der Waals surface area contributed by atoms with Crippen LogP contribution in [0.15, 0.2) is 0 Å². The summed E-state index contributed by atoms with van der Waals surface area (Å²) < 4.78 is 0.508. The number of nitrogens with one attached hydrogen (secondary N) is 2. The van der Waals surface area contributed by atoms with Gasteiger partial charge in [-0.15, -0.1) is 0 Å². The molecule has 2 heterocycles. The van der Waals surface area contributed by atoms with Crippen LogP contribution in [0.2, 0.25) is 0 Å². The molecule has 3 heteroatoms. The van der Waals surface area contributed by atoms with E-state index in [1.165, 1.54) is 57.4 Å². The van der Waals surface area contributed by atoms with Crippen molar-refractivity contribution in [1.82, 2.24) is 10.6 Å². The van der Waals surface area contributed by atoms with Crippen LogP contribution in [-0.2, 0) is 0 Å². The van der Waals surface area contributed by atoms with Crippen molar-refractivity contribution in [2.75, 3.05) is 18.8 Å². The largest absolute Gasteiger partial charge is 0.314 e. The highest BCUT2D eigenvalue weighted by molar-refractivity contribution is 8.00. The highest BCUT2D eigenvalue weighted by Gasteiger charge is 2.29. The fourth-order valence-electron chi connectivity index (χ4n) is 3.00. The van der Waals surface area contributed by atoms with Gasteiger partial charge in [0.05, 0.1) is 0 Å². The van der Waals surface area contributed by atoms with E-state index in [1.807, 2.05) is 0 Å². The lowest BCUT2D eigenvalue weighted by Crippen LogP contribution is -2.43. The van der Waals surface area contributed by atoms with Crippen LogP contribution in [0.3, 0.4) is 0 Å². The van der Waals surface area contributed by atoms with Crippen LogP contribution in [0, 0.1) is 0 Å².